The van der Waals surface area contributed by atoms with Gasteiger partial charge in [0.2, 0.25) is 0 Å². The molecule has 0 saturated carbocycles. The number of aryl methyl sites for hydroxylation is 1. The van der Waals surface area contributed by atoms with Crippen LogP contribution in [-0.2, 0) is 6.54 Å². The number of H-pyrrole nitrogens is 1. The first-order valence-electron chi connectivity index (χ1n) is 4.46. The van der Waals surface area contributed by atoms with E-state index in [1.54, 1.807) is 19.3 Å². The van der Waals surface area contributed by atoms with Crippen LogP contribution in [0, 0.1) is 12.7 Å². The van der Waals surface area contributed by atoms with E-state index in [1.807, 2.05) is 0 Å². The lowest BCUT2D eigenvalue weighted by molar-refractivity contribution is 0.604. The van der Waals surface area contributed by atoms with Crippen molar-refractivity contribution in [1.29, 1.82) is 0 Å². The van der Waals surface area contributed by atoms with E-state index < -0.39 is 5.82 Å². The molecule has 5 nitrogen and oxygen atoms in total. The van der Waals surface area contributed by atoms with Gasteiger partial charge in [0.25, 0.3) is 0 Å². The van der Waals surface area contributed by atoms with E-state index in [1.165, 1.54) is 6.33 Å². The highest BCUT2D eigenvalue weighted by atomic mass is 19.1. The van der Waals surface area contributed by atoms with Crippen LogP contribution in [0.1, 0.15) is 11.5 Å². The monoisotopic (exact) mass is 207 g/mol. The standard InChI is InChI=1S/C9H10FN5/c1-6-8(10)9(15-5-14-6)13-4-7-11-2-3-12-7/h2-3,5H,4H2,1H3,(H,11,12)(H,13,14,15). The first-order chi connectivity index (χ1) is 7.27. The zero-order valence-electron chi connectivity index (χ0n) is 8.16. The third-order valence-electron chi connectivity index (χ3n) is 1.94. The van der Waals surface area contributed by atoms with Gasteiger partial charge in [-0.2, -0.15) is 0 Å². The van der Waals surface area contributed by atoms with Gasteiger partial charge in [0.15, 0.2) is 11.6 Å². The molecule has 2 rings (SSSR count). The maximum atomic E-state index is 13.4. The van der Waals surface area contributed by atoms with E-state index in [2.05, 4.69) is 25.3 Å². The van der Waals surface area contributed by atoms with Crippen LogP contribution >= 0.6 is 0 Å². The number of rotatable bonds is 3. The van der Waals surface area contributed by atoms with Crippen LogP contribution in [0.5, 0.6) is 0 Å². The first kappa shape index (κ1) is 9.57. The lowest BCUT2D eigenvalue weighted by Gasteiger charge is -2.05. The summed E-state index contributed by atoms with van der Waals surface area (Å²) in [6.07, 6.45) is 4.67. The van der Waals surface area contributed by atoms with Crippen LogP contribution in [-0.4, -0.2) is 19.9 Å². The van der Waals surface area contributed by atoms with Crippen LogP contribution in [0.4, 0.5) is 10.2 Å². The molecule has 78 valence electrons. The quantitative estimate of drug-likeness (QED) is 0.795. The Balaban J connectivity index is 2.08. The van der Waals surface area contributed by atoms with Gasteiger partial charge in [-0.05, 0) is 6.92 Å². The normalized spacial score (nSPS) is 10.3. The molecule has 0 aliphatic heterocycles. The number of nitrogens with zero attached hydrogens (tertiary/aromatic N) is 3. The second kappa shape index (κ2) is 4.04. The van der Waals surface area contributed by atoms with Gasteiger partial charge in [0.05, 0.1) is 12.2 Å². The molecule has 0 atom stereocenters. The van der Waals surface area contributed by atoms with Crippen molar-refractivity contribution in [3.63, 3.8) is 0 Å². The number of aromatic amines is 1. The second-order valence-corrected chi connectivity index (χ2v) is 3.01. The van der Waals surface area contributed by atoms with E-state index in [4.69, 9.17) is 0 Å². The van der Waals surface area contributed by atoms with E-state index in [0.29, 0.717) is 12.2 Å². The minimum atomic E-state index is -0.427. The molecule has 2 heterocycles. The molecule has 2 aromatic rings. The third-order valence-corrected chi connectivity index (χ3v) is 1.94. The Morgan fingerprint density at radius 1 is 1.40 bits per heavy atom. The SMILES string of the molecule is Cc1ncnc(NCc2ncc[nH]2)c1F. The average Bonchev–Trinajstić information content (AvgIpc) is 2.73. The molecule has 0 saturated heterocycles. The topological polar surface area (TPSA) is 66.5 Å². The van der Waals surface area contributed by atoms with Gasteiger partial charge in [-0.3, -0.25) is 0 Å². The Morgan fingerprint density at radius 2 is 2.27 bits per heavy atom. The van der Waals surface area contributed by atoms with Crippen LogP contribution in [0.25, 0.3) is 0 Å². The second-order valence-electron chi connectivity index (χ2n) is 3.01. The number of anilines is 1. The summed E-state index contributed by atoms with van der Waals surface area (Å²) in [5.41, 5.74) is 0.326. The minimum absolute atomic E-state index is 0.193. The summed E-state index contributed by atoms with van der Waals surface area (Å²) >= 11 is 0. The lowest BCUT2D eigenvalue weighted by atomic mass is 10.4. The van der Waals surface area contributed by atoms with E-state index >= 15 is 0 Å². The van der Waals surface area contributed by atoms with Gasteiger partial charge in [-0.15, -0.1) is 0 Å². The minimum Gasteiger partial charge on any atom is -0.360 e. The van der Waals surface area contributed by atoms with Crippen molar-refractivity contribution in [2.24, 2.45) is 0 Å². The van der Waals surface area contributed by atoms with Gasteiger partial charge in [-0.1, -0.05) is 0 Å². The molecule has 0 aromatic carbocycles. The summed E-state index contributed by atoms with van der Waals surface area (Å²) in [5, 5.41) is 2.84. The number of aromatic nitrogens is 4. The van der Waals surface area contributed by atoms with Gasteiger partial charge in [-0.25, -0.2) is 19.3 Å². The summed E-state index contributed by atoms with van der Waals surface area (Å²) in [5.74, 6) is 0.494. The summed E-state index contributed by atoms with van der Waals surface area (Å²) in [7, 11) is 0. The van der Waals surface area contributed by atoms with Crippen molar-refractivity contribution in [2.75, 3.05) is 5.32 Å². The molecule has 0 fully saturated rings. The summed E-state index contributed by atoms with van der Waals surface area (Å²) < 4.78 is 13.4. The Hall–Kier alpha value is -1.98. The van der Waals surface area contributed by atoms with Crippen molar-refractivity contribution < 1.29 is 4.39 Å². The molecule has 15 heavy (non-hydrogen) atoms. The van der Waals surface area contributed by atoms with Crippen molar-refractivity contribution in [3.8, 4) is 0 Å². The Morgan fingerprint density at radius 3 is 3.00 bits per heavy atom. The Labute approximate surface area is 85.8 Å². The molecular weight excluding hydrogens is 197 g/mol. The molecule has 0 amide bonds. The molecule has 6 heteroatoms. The predicted octanol–water partition coefficient (Wildman–Crippen LogP) is 1.26. The van der Waals surface area contributed by atoms with Crippen LogP contribution in [0.3, 0.4) is 0 Å². The fourth-order valence-electron chi connectivity index (χ4n) is 1.14. The van der Waals surface area contributed by atoms with E-state index in [-0.39, 0.29) is 5.82 Å². The smallest absolute Gasteiger partial charge is 0.186 e. The van der Waals surface area contributed by atoms with Crippen molar-refractivity contribution in [2.45, 2.75) is 13.5 Å². The third kappa shape index (κ3) is 2.09. The van der Waals surface area contributed by atoms with E-state index in [0.717, 1.165) is 5.82 Å². The highest BCUT2D eigenvalue weighted by Crippen LogP contribution is 2.11. The number of hydrogen-bond acceptors (Lipinski definition) is 4. The fraction of sp³-hybridized carbons (Fsp3) is 0.222. The number of nitrogens with one attached hydrogen (secondary N) is 2. The maximum Gasteiger partial charge on any atom is 0.186 e. The highest BCUT2D eigenvalue weighted by Gasteiger charge is 2.06. The maximum absolute atomic E-state index is 13.4. The summed E-state index contributed by atoms with van der Waals surface area (Å²) in [6.45, 7) is 2.00. The number of halogens is 1. The Bertz CT molecular complexity index is 440. The largest absolute Gasteiger partial charge is 0.360 e. The number of imidazole rings is 1. The van der Waals surface area contributed by atoms with Crippen molar-refractivity contribution in [3.05, 3.63) is 36.1 Å². The molecule has 0 radical (unpaired) electrons. The zero-order valence-corrected chi connectivity index (χ0v) is 8.16. The van der Waals surface area contributed by atoms with Gasteiger partial charge >= 0.3 is 0 Å². The lowest BCUT2D eigenvalue weighted by Crippen LogP contribution is -2.06. The summed E-state index contributed by atoms with van der Waals surface area (Å²) in [4.78, 5) is 14.4. The van der Waals surface area contributed by atoms with Gasteiger partial charge < -0.3 is 10.3 Å². The van der Waals surface area contributed by atoms with Crippen molar-refractivity contribution in [1.82, 2.24) is 19.9 Å². The van der Waals surface area contributed by atoms with Crippen LogP contribution in [0.15, 0.2) is 18.7 Å². The first-order valence-corrected chi connectivity index (χ1v) is 4.46. The molecule has 0 unspecified atom stereocenters. The molecule has 0 aliphatic rings. The zero-order chi connectivity index (χ0) is 10.7. The van der Waals surface area contributed by atoms with E-state index in [9.17, 15) is 4.39 Å². The Kier molecular flexibility index (Phi) is 2.57. The van der Waals surface area contributed by atoms with Crippen LogP contribution < -0.4 is 5.32 Å². The highest BCUT2D eigenvalue weighted by molar-refractivity contribution is 5.36. The molecule has 0 aliphatic carbocycles. The molecular formula is C9H10FN5. The molecule has 0 bridgehead atoms. The van der Waals surface area contributed by atoms with Gasteiger partial charge in [0.1, 0.15) is 12.2 Å². The number of hydrogen-bond donors (Lipinski definition) is 2. The van der Waals surface area contributed by atoms with Crippen LogP contribution in [0.2, 0.25) is 0 Å². The molecule has 2 N–H and O–H groups in total. The predicted molar refractivity (Wildman–Crippen MR) is 52.6 cm³/mol. The fourth-order valence-corrected chi connectivity index (χ4v) is 1.14. The van der Waals surface area contributed by atoms with Crippen molar-refractivity contribution >= 4 is 5.82 Å². The summed E-state index contributed by atoms with van der Waals surface area (Å²) in [6, 6.07) is 0. The average molecular weight is 207 g/mol. The molecule has 0 spiro atoms. The van der Waals surface area contributed by atoms with Gasteiger partial charge in [0, 0.05) is 12.4 Å². The molecule has 2 aromatic heterocycles.